The van der Waals surface area contributed by atoms with E-state index < -0.39 is 15.6 Å². The molecule has 0 fully saturated rings. The first-order chi connectivity index (χ1) is 19.3. The maximum absolute atomic E-state index is 12.8. The maximum Gasteiger partial charge on any atom is 0.410 e. The zero-order valence-corrected chi connectivity index (χ0v) is 25.6. The predicted octanol–water partition coefficient (Wildman–Crippen LogP) is 4.57. The quantitative estimate of drug-likeness (QED) is 0.316. The lowest BCUT2D eigenvalue weighted by molar-refractivity contribution is 0.0273. The van der Waals surface area contributed by atoms with Crippen molar-refractivity contribution in [2.45, 2.75) is 50.8 Å². The molecule has 0 aromatic carbocycles. The van der Waals surface area contributed by atoms with Gasteiger partial charge in [-0.05, 0) is 51.3 Å². The van der Waals surface area contributed by atoms with Gasteiger partial charge in [0.05, 0.1) is 35.3 Å². The summed E-state index contributed by atoms with van der Waals surface area (Å²) in [7, 11) is -1.77. The fourth-order valence-electron chi connectivity index (χ4n) is 4.57. The van der Waals surface area contributed by atoms with E-state index in [1.807, 2.05) is 44.6 Å². The molecular weight excluding hydrogens is 564 g/mol. The molecule has 0 spiro atoms. The third-order valence-electron chi connectivity index (χ3n) is 6.32. The second-order valence-electron chi connectivity index (χ2n) is 10.8. The number of fused-ring (bicyclic) bond motifs is 1. The van der Waals surface area contributed by atoms with E-state index >= 15 is 0 Å². The Morgan fingerprint density at radius 3 is 2.68 bits per heavy atom. The number of aryl methyl sites for hydroxylation is 2. The zero-order valence-electron chi connectivity index (χ0n) is 23.9. The molecular formula is C27H34N8O4S2. The second-order valence-corrected chi connectivity index (χ2v) is 13.9. The average Bonchev–Trinajstić information content (AvgIpc) is 3.61. The molecule has 0 radical (unpaired) electrons. The summed E-state index contributed by atoms with van der Waals surface area (Å²) >= 11 is 1.13. The van der Waals surface area contributed by atoms with Crippen LogP contribution in [0, 0.1) is 6.92 Å². The molecule has 41 heavy (non-hydrogen) atoms. The van der Waals surface area contributed by atoms with E-state index in [1.165, 1.54) is 0 Å². The standard InChI is InChI=1S/C27H34N8O4S2/c1-7-30-41(37,38)25-17(2)11-22(40-25)32-23-24-28-13-21(19-12-29-33(6)14-19)35(24)16-20(31-23)18-9-8-10-34(15-18)26(36)39-27(3,4)5/h9,11-14,16,30H,7-8,10,15H2,1-6H3,(H,31,32). The van der Waals surface area contributed by atoms with Crippen LogP contribution in [0.25, 0.3) is 22.5 Å². The lowest BCUT2D eigenvalue weighted by atomic mass is 10.1. The van der Waals surface area contributed by atoms with Gasteiger partial charge < -0.3 is 15.0 Å². The average molecular weight is 599 g/mol. The Morgan fingerprint density at radius 1 is 1.22 bits per heavy atom. The largest absolute Gasteiger partial charge is 0.444 e. The van der Waals surface area contributed by atoms with Gasteiger partial charge in [-0.15, -0.1) is 11.3 Å². The van der Waals surface area contributed by atoms with Crippen molar-refractivity contribution in [3.05, 3.63) is 48.2 Å². The van der Waals surface area contributed by atoms with E-state index in [0.717, 1.165) is 28.2 Å². The highest BCUT2D eigenvalue weighted by atomic mass is 32.2. The number of nitrogens with zero attached hydrogens (tertiary/aromatic N) is 6. The third-order valence-corrected chi connectivity index (χ3v) is 9.65. The van der Waals surface area contributed by atoms with Gasteiger partial charge in [0.2, 0.25) is 10.0 Å². The van der Waals surface area contributed by atoms with Crippen molar-refractivity contribution < 1.29 is 17.9 Å². The van der Waals surface area contributed by atoms with Crippen LogP contribution in [0.3, 0.4) is 0 Å². The van der Waals surface area contributed by atoms with Gasteiger partial charge >= 0.3 is 6.09 Å². The molecule has 0 unspecified atom stereocenters. The number of imidazole rings is 1. The van der Waals surface area contributed by atoms with E-state index in [-0.39, 0.29) is 10.3 Å². The van der Waals surface area contributed by atoms with Gasteiger partial charge in [-0.3, -0.25) is 9.08 Å². The molecule has 1 aliphatic rings. The molecule has 4 aromatic heterocycles. The Balaban J connectivity index is 1.56. The first-order valence-corrected chi connectivity index (χ1v) is 15.6. The molecule has 14 heteroatoms. The molecule has 2 N–H and O–H groups in total. The van der Waals surface area contributed by atoms with Crippen LogP contribution in [-0.4, -0.2) is 68.8 Å². The number of nitrogens with one attached hydrogen (secondary N) is 2. The molecule has 12 nitrogen and oxygen atoms in total. The van der Waals surface area contributed by atoms with Crippen molar-refractivity contribution in [1.82, 2.24) is 33.8 Å². The third kappa shape index (κ3) is 6.14. The second kappa shape index (κ2) is 10.9. The van der Waals surface area contributed by atoms with Gasteiger partial charge in [-0.2, -0.15) is 5.10 Å². The van der Waals surface area contributed by atoms with E-state index in [0.29, 0.717) is 53.8 Å². The van der Waals surface area contributed by atoms with Crippen molar-refractivity contribution in [1.29, 1.82) is 0 Å². The van der Waals surface area contributed by atoms with Crippen LogP contribution in [0.4, 0.5) is 15.6 Å². The predicted molar refractivity (Wildman–Crippen MR) is 159 cm³/mol. The number of thiophene rings is 1. The highest BCUT2D eigenvalue weighted by Gasteiger charge is 2.26. The number of carbonyl (C=O) groups excluding carboxylic acids is 1. The van der Waals surface area contributed by atoms with Gasteiger partial charge in [0.25, 0.3) is 0 Å². The van der Waals surface area contributed by atoms with E-state index in [4.69, 9.17) is 9.72 Å². The summed E-state index contributed by atoms with van der Waals surface area (Å²) in [4.78, 5) is 24.1. The van der Waals surface area contributed by atoms with Crippen LogP contribution < -0.4 is 10.0 Å². The summed E-state index contributed by atoms with van der Waals surface area (Å²) in [6.07, 6.45) is 9.70. The Kier molecular flexibility index (Phi) is 7.66. The molecule has 0 bridgehead atoms. The van der Waals surface area contributed by atoms with Crippen LogP contribution in [0.2, 0.25) is 0 Å². The van der Waals surface area contributed by atoms with Gasteiger partial charge in [0.1, 0.15) is 9.81 Å². The lowest BCUT2D eigenvalue weighted by Gasteiger charge is -2.30. The van der Waals surface area contributed by atoms with Crippen LogP contribution in [0.1, 0.15) is 45.4 Å². The highest BCUT2D eigenvalue weighted by Crippen LogP contribution is 2.35. The molecule has 0 saturated carbocycles. The van der Waals surface area contributed by atoms with Gasteiger partial charge in [0.15, 0.2) is 11.5 Å². The number of carbonyl (C=O) groups is 1. The molecule has 4 aromatic rings. The summed E-state index contributed by atoms with van der Waals surface area (Å²) in [6.45, 7) is 10.2. The van der Waals surface area contributed by atoms with E-state index in [2.05, 4.69) is 26.2 Å². The topological polar surface area (TPSA) is 136 Å². The Labute approximate surface area is 243 Å². The highest BCUT2D eigenvalue weighted by molar-refractivity contribution is 7.91. The molecule has 1 amide bonds. The number of aromatic nitrogens is 5. The van der Waals surface area contributed by atoms with Gasteiger partial charge in [-0.25, -0.2) is 27.9 Å². The van der Waals surface area contributed by atoms with Crippen molar-refractivity contribution >= 4 is 49.5 Å². The minimum Gasteiger partial charge on any atom is -0.444 e. The minimum atomic E-state index is -3.62. The van der Waals surface area contributed by atoms with E-state index in [9.17, 15) is 13.2 Å². The Morgan fingerprint density at radius 2 is 2.00 bits per heavy atom. The minimum absolute atomic E-state index is 0.247. The smallest absolute Gasteiger partial charge is 0.410 e. The lowest BCUT2D eigenvalue weighted by Crippen LogP contribution is -2.39. The van der Waals surface area contributed by atoms with Gasteiger partial charge in [-0.1, -0.05) is 13.0 Å². The number of hydrogen-bond acceptors (Lipinski definition) is 9. The van der Waals surface area contributed by atoms with Crippen molar-refractivity contribution in [2.24, 2.45) is 7.05 Å². The molecule has 0 saturated heterocycles. The Hall–Kier alpha value is -3.75. The first-order valence-electron chi connectivity index (χ1n) is 13.3. The molecule has 1 aliphatic heterocycles. The summed E-state index contributed by atoms with van der Waals surface area (Å²) in [5.74, 6) is 0.460. The fraction of sp³-hybridized carbons (Fsp3) is 0.407. The summed E-state index contributed by atoms with van der Waals surface area (Å²) in [5.41, 5.74) is 3.82. The number of amides is 1. The number of rotatable bonds is 7. The molecule has 5 heterocycles. The monoisotopic (exact) mass is 598 g/mol. The number of ether oxygens (including phenoxy) is 1. The number of hydrogen-bond donors (Lipinski definition) is 2. The van der Waals surface area contributed by atoms with Crippen molar-refractivity contribution in [2.75, 3.05) is 25.0 Å². The van der Waals surface area contributed by atoms with Crippen LogP contribution in [0.15, 0.2) is 41.1 Å². The SMILES string of the molecule is CCNS(=O)(=O)c1sc(Nc2nc(C3=CCCN(C(=O)OC(C)(C)C)C3)cn3c(-c4cnn(C)c4)cnc23)cc1C. The summed E-state index contributed by atoms with van der Waals surface area (Å²) in [6, 6.07) is 1.79. The van der Waals surface area contributed by atoms with Crippen LogP contribution >= 0.6 is 11.3 Å². The van der Waals surface area contributed by atoms with Crippen molar-refractivity contribution in [3.63, 3.8) is 0 Å². The number of anilines is 2. The number of sulfonamides is 1. The van der Waals surface area contributed by atoms with Crippen LogP contribution in [0.5, 0.6) is 0 Å². The first kappa shape index (κ1) is 28.8. The zero-order chi connectivity index (χ0) is 29.5. The maximum atomic E-state index is 12.8. The summed E-state index contributed by atoms with van der Waals surface area (Å²) in [5, 5.41) is 8.24. The van der Waals surface area contributed by atoms with Crippen LogP contribution in [-0.2, 0) is 21.8 Å². The Bertz CT molecular complexity index is 1740. The molecule has 0 aliphatic carbocycles. The normalized spacial score (nSPS) is 14.4. The molecule has 5 rings (SSSR count). The van der Waals surface area contributed by atoms with Crippen molar-refractivity contribution in [3.8, 4) is 11.3 Å². The summed E-state index contributed by atoms with van der Waals surface area (Å²) < 4.78 is 37.5. The molecule has 218 valence electrons. The van der Waals surface area contributed by atoms with E-state index in [1.54, 1.807) is 41.9 Å². The van der Waals surface area contributed by atoms with Gasteiger partial charge in [0, 0.05) is 38.1 Å². The molecule has 0 atom stereocenters. The fourth-order valence-corrected chi connectivity index (χ4v) is 7.25.